The second-order valence-corrected chi connectivity index (χ2v) is 11.8. The van der Waals surface area contributed by atoms with Gasteiger partial charge in [-0.15, -0.1) is 0 Å². The number of hydrogen-bond donors (Lipinski definition) is 1. The van der Waals surface area contributed by atoms with Crippen LogP contribution in [0.1, 0.15) is 35.2 Å². The SMILES string of the molecule is COc1ccc(S(=O)(=O)N(CC(=O)Nc2ccccc2C(=O)N2CCCCC2)c2ccc(C)cc2)cc1Br. The van der Waals surface area contributed by atoms with E-state index in [1.807, 2.05) is 6.92 Å². The minimum atomic E-state index is -4.13. The molecule has 2 amide bonds. The average molecular weight is 601 g/mol. The van der Waals surface area contributed by atoms with Crippen LogP contribution < -0.4 is 14.4 Å². The van der Waals surface area contributed by atoms with Gasteiger partial charge in [0, 0.05) is 13.1 Å². The fourth-order valence-electron chi connectivity index (χ4n) is 4.33. The molecule has 38 heavy (non-hydrogen) atoms. The van der Waals surface area contributed by atoms with Gasteiger partial charge in [-0.1, -0.05) is 29.8 Å². The molecule has 3 aromatic carbocycles. The third kappa shape index (κ3) is 6.19. The number of benzene rings is 3. The second-order valence-electron chi connectivity index (χ2n) is 9.09. The quantitative estimate of drug-likeness (QED) is 0.382. The van der Waals surface area contributed by atoms with Crippen molar-refractivity contribution in [1.29, 1.82) is 0 Å². The van der Waals surface area contributed by atoms with Gasteiger partial charge in [-0.05, 0) is 84.6 Å². The lowest BCUT2D eigenvalue weighted by molar-refractivity contribution is -0.114. The van der Waals surface area contributed by atoms with Crippen molar-refractivity contribution >= 4 is 49.1 Å². The van der Waals surface area contributed by atoms with Crippen LogP contribution in [0.25, 0.3) is 0 Å². The van der Waals surface area contributed by atoms with Crippen molar-refractivity contribution < 1.29 is 22.7 Å². The van der Waals surface area contributed by atoms with Gasteiger partial charge in [-0.2, -0.15) is 0 Å². The minimum absolute atomic E-state index is 0.000716. The molecule has 1 aliphatic rings. The van der Waals surface area contributed by atoms with E-state index in [1.54, 1.807) is 59.5 Å². The van der Waals surface area contributed by atoms with Crippen molar-refractivity contribution in [2.24, 2.45) is 0 Å². The van der Waals surface area contributed by atoms with E-state index in [0.29, 0.717) is 40.2 Å². The first-order valence-corrected chi connectivity index (χ1v) is 14.5. The number of carbonyl (C=O) groups excluding carboxylic acids is 2. The highest BCUT2D eigenvalue weighted by molar-refractivity contribution is 9.10. The molecule has 1 aliphatic heterocycles. The van der Waals surface area contributed by atoms with Crippen LogP contribution in [0.15, 0.2) is 76.1 Å². The lowest BCUT2D eigenvalue weighted by Crippen LogP contribution is -2.39. The highest BCUT2D eigenvalue weighted by atomic mass is 79.9. The number of ether oxygens (including phenoxy) is 1. The summed E-state index contributed by atoms with van der Waals surface area (Å²) in [5, 5.41) is 2.77. The molecule has 0 saturated carbocycles. The van der Waals surface area contributed by atoms with Crippen molar-refractivity contribution in [2.45, 2.75) is 31.1 Å². The van der Waals surface area contributed by atoms with E-state index >= 15 is 0 Å². The summed E-state index contributed by atoms with van der Waals surface area (Å²) in [6.45, 7) is 2.77. The molecular weight excluding hydrogens is 570 g/mol. The highest BCUT2D eigenvalue weighted by Gasteiger charge is 2.29. The largest absolute Gasteiger partial charge is 0.496 e. The van der Waals surface area contributed by atoms with E-state index in [-0.39, 0.29) is 10.8 Å². The zero-order valence-electron chi connectivity index (χ0n) is 21.3. The molecule has 0 bridgehead atoms. The predicted octanol–water partition coefficient (Wildman–Crippen LogP) is 5.23. The second kappa shape index (κ2) is 12.0. The maximum Gasteiger partial charge on any atom is 0.264 e. The molecule has 1 saturated heterocycles. The third-order valence-corrected chi connectivity index (χ3v) is 8.78. The molecule has 1 heterocycles. The maximum absolute atomic E-state index is 13.8. The number of carbonyl (C=O) groups is 2. The Morgan fingerprint density at radius 3 is 2.34 bits per heavy atom. The zero-order chi connectivity index (χ0) is 27.3. The molecule has 8 nitrogen and oxygen atoms in total. The molecule has 10 heteroatoms. The van der Waals surface area contributed by atoms with Crippen LogP contribution in [0, 0.1) is 6.92 Å². The number of halogens is 1. The topological polar surface area (TPSA) is 96.0 Å². The Morgan fingerprint density at radius 2 is 1.68 bits per heavy atom. The summed E-state index contributed by atoms with van der Waals surface area (Å²) in [5.74, 6) is -0.231. The van der Waals surface area contributed by atoms with E-state index in [9.17, 15) is 18.0 Å². The van der Waals surface area contributed by atoms with Crippen molar-refractivity contribution in [1.82, 2.24) is 4.90 Å². The number of sulfonamides is 1. The zero-order valence-corrected chi connectivity index (χ0v) is 23.7. The van der Waals surface area contributed by atoms with Gasteiger partial charge in [0.15, 0.2) is 0 Å². The monoisotopic (exact) mass is 599 g/mol. The summed E-state index contributed by atoms with van der Waals surface area (Å²) in [6.07, 6.45) is 2.99. The molecule has 200 valence electrons. The highest BCUT2D eigenvalue weighted by Crippen LogP contribution is 2.31. The Labute approximate surface area is 231 Å². The molecule has 3 aromatic rings. The van der Waals surface area contributed by atoms with E-state index in [0.717, 1.165) is 29.1 Å². The molecule has 0 spiro atoms. The Hall–Kier alpha value is -3.37. The molecule has 0 atom stereocenters. The molecule has 4 rings (SSSR count). The number of aryl methyl sites for hydroxylation is 1. The third-order valence-electron chi connectivity index (χ3n) is 6.40. The summed E-state index contributed by atoms with van der Waals surface area (Å²) in [7, 11) is -2.64. The van der Waals surface area contributed by atoms with Gasteiger partial charge in [0.1, 0.15) is 12.3 Å². The first-order valence-electron chi connectivity index (χ1n) is 12.3. The van der Waals surface area contributed by atoms with Crippen LogP contribution in [0.4, 0.5) is 11.4 Å². The number of nitrogens with zero attached hydrogens (tertiary/aromatic N) is 2. The number of para-hydroxylation sites is 1. The van der Waals surface area contributed by atoms with E-state index in [1.165, 1.54) is 19.2 Å². The average Bonchev–Trinajstić information content (AvgIpc) is 2.92. The van der Waals surface area contributed by atoms with Gasteiger partial charge >= 0.3 is 0 Å². The van der Waals surface area contributed by atoms with Gasteiger partial charge in [-0.3, -0.25) is 13.9 Å². The number of likely N-dealkylation sites (tertiary alicyclic amines) is 1. The van der Waals surface area contributed by atoms with Crippen LogP contribution in [-0.4, -0.2) is 51.9 Å². The van der Waals surface area contributed by atoms with Crippen LogP contribution in [0.2, 0.25) is 0 Å². The fourth-order valence-corrected chi connectivity index (χ4v) is 6.47. The first-order chi connectivity index (χ1) is 18.2. The standard InChI is InChI=1S/C28H30BrN3O5S/c1-20-10-12-21(13-11-20)32(38(35,36)22-14-15-26(37-2)24(29)18-22)19-27(33)30-25-9-5-4-8-23(25)28(34)31-16-6-3-7-17-31/h4-5,8-15,18H,3,6-7,16-17,19H2,1-2H3,(H,30,33). The number of piperidine rings is 1. The molecule has 0 aromatic heterocycles. The van der Waals surface area contributed by atoms with Crippen LogP contribution in [0.3, 0.4) is 0 Å². The van der Waals surface area contributed by atoms with Gasteiger partial charge in [-0.25, -0.2) is 8.42 Å². The Kier molecular flexibility index (Phi) is 8.73. The molecule has 0 aliphatic carbocycles. The van der Waals surface area contributed by atoms with Crippen LogP contribution in [-0.2, 0) is 14.8 Å². The Balaban J connectivity index is 1.63. The van der Waals surface area contributed by atoms with E-state index in [4.69, 9.17) is 4.74 Å². The number of nitrogens with one attached hydrogen (secondary N) is 1. The predicted molar refractivity (Wildman–Crippen MR) is 151 cm³/mol. The molecule has 0 unspecified atom stereocenters. The van der Waals surface area contributed by atoms with Gasteiger partial charge < -0.3 is 15.0 Å². The van der Waals surface area contributed by atoms with Crippen molar-refractivity contribution in [3.05, 3.63) is 82.3 Å². The Morgan fingerprint density at radius 1 is 1.00 bits per heavy atom. The summed E-state index contributed by atoms with van der Waals surface area (Å²) < 4.78 is 34.3. The summed E-state index contributed by atoms with van der Waals surface area (Å²) in [4.78, 5) is 28.2. The van der Waals surface area contributed by atoms with E-state index in [2.05, 4.69) is 21.2 Å². The molecule has 1 fully saturated rings. The number of hydrogen-bond acceptors (Lipinski definition) is 5. The van der Waals surface area contributed by atoms with Gasteiger partial charge in [0.05, 0.1) is 33.4 Å². The van der Waals surface area contributed by atoms with Crippen molar-refractivity contribution in [3.8, 4) is 5.75 Å². The lowest BCUT2D eigenvalue weighted by atomic mass is 10.1. The van der Waals surface area contributed by atoms with Crippen LogP contribution in [0.5, 0.6) is 5.75 Å². The first kappa shape index (κ1) is 27.7. The van der Waals surface area contributed by atoms with Crippen molar-refractivity contribution in [3.63, 3.8) is 0 Å². The number of amides is 2. The number of anilines is 2. The normalized spacial score (nSPS) is 13.6. The molecular formula is C28H30BrN3O5S. The maximum atomic E-state index is 13.8. The van der Waals surface area contributed by atoms with E-state index < -0.39 is 22.5 Å². The fraction of sp³-hybridized carbons (Fsp3) is 0.286. The number of rotatable bonds is 8. The number of methoxy groups -OCH3 is 1. The van der Waals surface area contributed by atoms with Gasteiger partial charge in [0.2, 0.25) is 5.91 Å². The molecule has 1 N–H and O–H groups in total. The lowest BCUT2D eigenvalue weighted by Gasteiger charge is -2.28. The van der Waals surface area contributed by atoms with Gasteiger partial charge in [0.25, 0.3) is 15.9 Å². The van der Waals surface area contributed by atoms with Crippen LogP contribution >= 0.6 is 15.9 Å². The Bertz CT molecular complexity index is 1420. The molecule has 0 radical (unpaired) electrons. The van der Waals surface area contributed by atoms with Crippen molar-refractivity contribution in [2.75, 3.05) is 36.4 Å². The summed E-state index contributed by atoms with van der Waals surface area (Å²) in [6, 6.07) is 18.1. The minimum Gasteiger partial charge on any atom is -0.496 e. The smallest absolute Gasteiger partial charge is 0.264 e. The summed E-state index contributed by atoms with van der Waals surface area (Å²) >= 11 is 3.34. The summed E-state index contributed by atoms with van der Waals surface area (Å²) in [5.41, 5.74) is 2.02.